The first-order valence-corrected chi connectivity index (χ1v) is 12.2. The van der Waals surface area contributed by atoms with Crippen molar-refractivity contribution in [3.05, 3.63) is 42.0 Å². The maximum Gasteiger partial charge on any atom is 0.263 e. The average molecular weight is 514 g/mol. The van der Waals surface area contributed by atoms with Gasteiger partial charge in [0.15, 0.2) is 23.1 Å². The largest absolute Gasteiger partial charge is 0.381 e. The summed E-state index contributed by atoms with van der Waals surface area (Å²) in [5.74, 6) is -2.02. The van der Waals surface area contributed by atoms with Crippen LogP contribution >= 0.6 is 0 Å². The third kappa shape index (κ3) is 4.78. The van der Waals surface area contributed by atoms with Crippen LogP contribution in [0.25, 0.3) is 5.65 Å². The molecule has 3 aromatic rings. The van der Waals surface area contributed by atoms with Crippen molar-refractivity contribution in [2.75, 3.05) is 55.7 Å². The first-order chi connectivity index (χ1) is 17.7. The molecule has 0 aliphatic carbocycles. The number of aromatic nitrogens is 4. The van der Waals surface area contributed by atoms with Crippen LogP contribution in [-0.4, -0.2) is 87.0 Å². The predicted octanol–water partition coefficient (Wildman–Crippen LogP) is 1.62. The Hall–Kier alpha value is -3.87. The average Bonchev–Trinajstić information content (AvgIpc) is 3.20. The molecule has 0 saturated carbocycles. The van der Waals surface area contributed by atoms with Gasteiger partial charge in [-0.1, -0.05) is 0 Å². The summed E-state index contributed by atoms with van der Waals surface area (Å²) in [5, 5.41) is 6.59. The first kappa shape index (κ1) is 24.8. The van der Waals surface area contributed by atoms with Crippen LogP contribution in [0.5, 0.6) is 0 Å². The minimum atomic E-state index is -0.672. The number of carbonyl (C=O) groups is 2. The van der Waals surface area contributed by atoms with Gasteiger partial charge in [0.2, 0.25) is 5.91 Å². The molecule has 11 nitrogen and oxygen atoms in total. The molecule has 0 spiro atoms. The molecule has 2 aliphatic heterocycles. The molecule has 2 saturated heterocycles. The Morgan fingerprint density at radius 3 is 2.59 bits per heavy atom. The molecule has 1 unspecified atom stereocenters. The number of hydrogen-bond acceptors (Lipinski definition) is 8. The molecule has 196 valence electrons. The second-order valence-corrected chi connectivity index (χ2v) is 9.65. The number of nitrogens with two attached hydrogens (primary N) is 1. The second-order valence-electron chi connectivity index (χ2n) is 9.65. The Labute approximate surface area is 212 Å². The van der Waals surface area contributed by atoms with Gasteiger partial charge in [0.1, 0.15) is 11.3 Å². The number of pyridine rings is 1. The van der Waals surface area contributed by atoms with Crippen molar-refractivity contribution in [3.63, 3.8) is 0 Å². The van der Waals surface area contributed by atoms with Crippen LogP contribution < -0.4 is 16.0 Å². The topological polar surface area (TPSA) is 125 Å². The minimum absolute atomic E-state index is 0.0547. The number of nitrogens with zero attached hydrogens (tertiary/aromatic N) is 7. The van der Waals surface area contributed by atoms with Crippen LogP contribution in [0, 0.1) is 17.6 Å². The molecule has 0 radical (unpaired) electrons. The SMILES string of the molecule is CC1CN(C(=O)C2CCN(c3c(F)cncc3NC(=O)c3c(N)nn4cc(F)cnc34)CC2)CCN1C. The quantitative estimate of drug-likeness (QED) is 0.539. The number of likely N-dealkylation sites (N-methyl/N-ethyl adjacent to an activating group) is 1. The Bertz CT molecular complexity index is 1340. The summed E-state index contributed by atoms with van der Waals surface area (Å²) in [6.07, 6.45) is 5.60. The minimum Gasteiger partial charge on any atom is -0.381 e. The van der Waals surface area contributed by atoms with E-state index in [0.717, 1.165) is 29.7 Å². The van der Waals surface area contributed by atoms with Gasteiger partial charge in [-0.15, -0.1) is 5.10 Å². The van der Waals surface area contributed by atoms with E-state index in [-0.39, 0.29) is 40.2 Å². The highest BCUT2D eigenvalue weighted by atomic mass is 19.1. The zero-order valence-electron chi connectivity index (χ0n) is 20.7. The number of carbonyl (C=O) groups excluding carboxylic acids is 2. The van der Waals surface area contributed by atoms with Gasteiger partial charge in [-0.05, 0) is 26.8 Å². The summed E-state index contributed by atoms with van der Waals surface area (Å²) in [4.78, 5) is 40.0. The van der Waals surface area contributed by atoms with Crippen LogP contribution in [0.2, 0.25) is 0 Å². The molecule has 1 atom stereocenters. The summed E-state index contributed by atoms with van der Waals surface area (Å²) in [6, 6.07) is 0.311. The lowest BCUT2D eigenvalue weighted by Crippen LogP contribution is -2.54. The van der Waals surface area contributed by atoms with E-state index in [9.17, 15) is 18.4 Å². The van der Waals surface area contributed by atoms with Gasteiger partial charge in [-0.2, -0.15) is 0 Å². The van der Waals surface area contributed by atoms with Crippen molar-refractivity contribution in [2.45, 2.75) is 25.8 Å². The molecule has 2 amide bonds. The van der Waals surface area contributed by atoms with E-state index in [1.54, 1.807) is 0 Å². The molecule has 3 aromatic heterocycles. The monoisotopic (exact) mass is 513 g/mol. The molecule has 3 N–H and O–H groups in total. The van der Waals surface area contributed by atoms with Crippen molar-refractivity contribution in [1.82, 2.24) is 29.4 Å². The van der Waals surface area contributed by atoms with Crippen LogP contribution in [0.15, 0.2) is 24.8 Å². The van der Waals surface area contributed by atoms with Crippen molar-refractivity contribution in [2.24, 2.45) is 5.92 Å². The third-order valence-electron chi connectivity index (χ3n) is 7.25. The lowest BCUT2D eigenvalue weighted by molar-refractivity contribution is -0.138. The lowest BCUT2D eigenvalue weighted by atomic mass is 9.94. The summed E-state index contributed by atoms with van der Waals surface area (Å²) in [7, 11) is 2.06. The highest BCUT2D eigenvalue weighted by molar-refractivity contribution is 6.12. The molecular formula is C24H29F2N9O2. The molecular weight excluding hydrogens is 484 g/mol. The van der Waals surface area contributed by atoms with E-state index < -0.39 is 17.5 Å². The molecule has 0 aromatic carbocycles. The molecule has 0 bridgehead atoms. The molecule has 2 aliphatic rings. The number of fused-ring (bicyclic) bond motifs is 1. The number of nitrogens with one attached hydrogen (secondary N) is 1. The van der Waals surface area contributed by atoms with E-state index in [0.29, 0.717) is 45.1 Å². The highest BCUT2D eigenvalue weighted by Gasteiger charge is 2.33. The van der Waals surface area contributed by atoms with E-state index in [4.69, 9.17) is 5.73 Å². The molecule has 37 heavy (non-hydrogen) atoms. The fraction of sp³-hybridized carbons (Fsp3) is 0.458. The fourth-order valence-corrected chi connectivity index (χ4v) is 5.03. The third-order valence-corrected chi connectivity index (χ3v) is 7.25. The number of amides is 2. The van der Waals surface area contributed by atoms with E-state index in [1.807, 2.05) is 9.80 Å². The maximum atomic E-state index is 15.0. The lowest BCUT2D eigenvalue weighted by Gasteiger charge is -2.41. The number of nitrogen functional groups attached to an aromatic ring is 1. The zero-order chi connectivity index (χ0) is 26.3. The standard InChI is InChI=1S/C24H29F2N9O2/c1-14-12-34(8-7-32(14)2)24(37)15-3-5-33(6-4-15)20-17(26)10-28-11-18(20)30-23(36)19-21(27)31-35-13-16(25)9-29-22(19)35/h9-11,13-15H,3-8,12H2,1-2H3,(H2,27,31)(H,30,36). The number of hydrogen-bond donors (Lipinski definition) is 2. The Balaban J connectivity index is 1.31. The summed E-state index contributed by atoms with van der Waals surface area (Å²) in [5.41, 5.74) is 6.26. The van der Waals surface area contributed by atoms with Crippen LogP contribution in [0.1, 0.15) is 30.1 Å². The summed E-state index contributed by atoms with van der Waals surface area (Å²) < 4.78 is 29.6. The van der Waals surface area contributed by atoms with E-state index >= 15 is 0 Å². The number of anilines is 3. The first-order valence-electron chi connectivity index (χ1n) is 12.2. The number of piperidine rings is 1. The Morgan fingerprint density at radius 1 is 1.11 bits per heavy atom. The summed E-state index contributed by atoms with van der Waals surface area (Å²) in [6.45, 7) is 5.27. The Morgan fingerprint density at radius 2 is 1.86 bits per heavy atom. The van der Waals surface area contributed by atoms with E-state index in [2.05, 4.69) is 39.3 Å². The van der Waals surface area contributed by atoms with Crippen LogP contribution in [-0.2, 0) is 4.79 Å². The van der Waals surface area contributed by atoms with Crippen molar-refractivity contribution < 1.29 is 18.4 Å². The number of halogens is 2. The number of rotatable bonds is 4. The van der Waals surface area contributed by atoms with Gasteiger partial charge < -0.3 is 25.8 Å². The zero-order valence-corrected chi connectivity index (χ0v) is 20.7. The van der Waals surface area contributed by atoms with Gasteiger partial charge in [0, 0.05) is 44.7 Å². The molecule has 5 heterocycles. The predicted molar refractivity (Wildman–Crippen MR) is 133 cm³/mol. The normalized spacial score (nSPS) is 19.4. The summed E-state index contributed by atoms with van der Waals surface area (Å²) >= 11 is 0. The Kier molecular flexibility index (Phi) is 6.63. The van der Waals surface area contributed by atoms with Gasteiger partial charge in [-0.25, -0.2) is 18.3 Å². The second kappa shape index (κ2) is 9.88. The molecule has 2 fully saturated rings. The van der Waals surface area contributed by atoms with Crippen LogP contribution in [0.3, 0.4) is 0 Å². The number of piperazine rings is 1. The highest BCUT2D eigenvalue weighted by Crippen LogP contribution is 2.33. The molecule has 5 rings (SSSR count). The van der Waals surface area contributed by atoms with Crippen molar-refractivity contribution in [1.29, 1.82) is 0 Å². The van der Waals surface area contributed by atoms with E-state index in [1.165, 1.54) is 6.20 Å². The van der Waals surface area contributed by atoms with Gasteiger partial charge in [0.05, 0.1) is 30.5 Å². The van der Waals surface area contributed by atoms with Gasteiger partial charge in [0.25, 0.3) is 5.91 Å². The smallest absolute Gasteiger partial charge is 0.263 e. The van der Waals surface area contributed by atoms with Crippen LogP contribution in [0.4, 0.5) is 26.0 Å². The van der Waals surface area contributed by atoms with Crippen molar-refractivity contribution >= 4 is 34.7 Å². The molecule has 13 heteroatoms. The van der Waals surface area contributed by atoms with Gasteiger partial charge in [-0.3, -0.25) is 14.6 Å². The maximum absolute atomic E-state index is 15.0. The fourth-order valence-electron chi connectivity index (χ4n) is 5.03. The van der Waals surface area contributed by atoms with Gasteiger partial charge >= 0.3 is 0 Å². The van der Waals surface area contributed by atoms with Crippen molar-refractivity contribution in [3.8, 4) is 0 Å².